The van der Waals surface area contributed by atoms with E-state index in [4.69, 9.17) is 25.8 Å². The largest absolute Gasteiger partial charge is 0.508 e. The number of fused-ring (bicyclic) bond motifs is 1. The third kappa shape index (κ3) is 4.46. The zero-order valence-corrected chi connectivity index (χ0v) is 16.9. The van der Waals surface area contributed by atoms with Crippen LogP contribution in [-0.4, -0.2) is 49.0 Å². The van der Waals surface area contributed by atoms with Gasteiger partial charge in [-0.25, -0.2) is 0 Å². The summed E-state index contributed by atoms with van der Waals surface area (Å²) in [6, 6.07) is 7.54. The van der Waals surface area contributed by atoms with Gasteiger partial charge in [-0.15, -0.1) is 0 Å². The Kier molecular flexibility index (Phi) is 5.98. The van der Waals surface area contributed by atoms with E-state index in [-0.39, 0.29) is 40.6 Å². The highest BCUT2D eigenvalue weighted by Crippen LogP contribution is 2.39. The molecule has 152 valence electrons. The van der Waals surface area contributed by atoms with Gasteiger partial charge in [0.1, 0.15) is 11.5 Å². The van der Waals surface area contributed by atoms with Crippen LogP contribution in [0.5, 0.6) is 23.0 Å². The topological polar surface area (TPSA) is 85.3 Å². The van der Waals surface area contributed by atoms with Gasteiger partial charge in [0.25, 0.3) is 5.91 Å². The molecule has 0 saturated heterocycles. The Morgan fingerprint density at radius 2 is 2.00 bits per heavy atom. The first kappa shape index (κ1) is 20.5. The molecular weight excluding hydrogens is 398 g/mol. The van der Waals surface area contributed by atoms with E-state index in [1.165, 1.54) is 29.2 Å². The summed E-state index contributed by atoms with van der Waals surface area (Å²) < 4.78 is 16.7. The molecule has 0 spiro atoms. The molecule has 1 amide bonds. The maximum Gasteiger partial charge on any atom is 0.259 e. The molecule has 1 N–H and O–H groups in total. The number of hydrogen-bond donors (Lipinski definition) is 1. The minimum absolute atomic E-state index is 0.00764. The van der Waals surface area contributed by atoms with Crippen molar-refractivity contribution in [3.8, 4) is 23.0 Å². The van der Waals surface area contributed by atoms with Crippen LogP contribution in [0.3, 0.4) is 0 Å². The second-order valence-corrected chi connectivity index (χ2v) is 6.87. The Morgan fingerprint density at radius 1 is 1.24 bits per heavy atom. The van der Waals surface area contributed by atoms with E-state index in [0.29, 0.717) is 29.2 Å². The third-order valence-electron chi connectivity index (χ3n) is 4.12. The summed E-state index contributed by atoms with van der Waals surface area (Å²) in [7, 11) is 3.25. The average molecular weight is 418 g/mol. The smallest absolute Gasteiger partial charge is 0.259 e. The highest BCUT2D eigenvalue weighted by Gasteiger charge is 2.27. The molecule has 1 aliphatic rings. The molecule has 29 heavy (non-hydrogen) atoms. The zero-order chi connectivity index (χ0) is 21.1. The van der Waals surface area contributed by atoms with E-state index in [9.17, 15) is 14.7 Å². The van der Waals surface area contributed by atoms with Crippen molar-refractivity contribution in [3.63, 3.8) is 0 Å². The standard InChI is InChI=1S/C21H20ClNO6/c1-4-27-18-9-12(7-15(22)21(18)28-11-19(25)23(2)3)8-17-20(26)14-6-5-13(24)10-16(14)29-17/h5-10,24H,4,11H2,1-3H3/b17-8-. The summed E-state index contributed by atoms with van der Waals surface area (Å²) in [6.45, 7) is 1.97. The fourth-order valence-corrected chi connectivity index (χ4v) is 2.94. The number of carbonyl (C=O) groups is 2. The lowest BCUT2D eigenvalue weighted by Gasteiger charge is -2.16. The molecule has 3 rings (SSSR count). The Labute approximate surface area is 173 Å². The molecule has 7 nitrogen and oxygen atoms in total. The average Bonchev–Trinajstić information content (AvgIpc) is 2.95. The monoisotopic (exact) mass is 417 g/mol. The van der Waals surface area contributed by atoms with Gasteiger partial charge in [-0.1, -0.05) is 11.6 Å². The van der Waals surface area contributed by atoms with Crippen molar-refractivity contribution in [2.75, 3.05) is 27.3 Å². The molecule has 0 fully saturated rings. The number of ether oxygens (including phenoxy) is 3. The number of likely N-dealkylation sites (N-methyl/N-ethyl adjacent to an activating group) is 1. The Hall–Kier alpha value is -3.19. The Bertz CT molecular complexity index is 999. The fourth-order valence-electron chi connectivity index (χ4n) is 2.66. The lowest BCUT2D eigenvalue weighted by Crippen LogP contribution is -2.27. The van der Waals surface area contributed by atoms with Gasteiger partial charge in [0.2, 0.25) is 5.78 Å². The van der Waals surface area contributed by atoms with Crippen LogP contribution >= 0.6 is 11.6 Å². The van der Waals surface area contributed by atoms with Crippen LogP contribution in [0.15, 0.2) is 36.1 Å². The van der Waals surface area contributed by atoms with Crippen LogP contribution < -0.4 is 14.2 Å². The number of benzene rings is 2. The summed E-state index contributed by atoms with van der Waals surface area (Å²) in [4.78, 5) is 25.7. The number of nitrogens with zero attached hydrogens (tertiary/aromatic N) is 1. The van der Waals surface area contributed by atoms with Gasteiger partial charge in [0.15, 0.2) is 23.9 Å². The predicted molar refractivity (Wildman–Crippen MR) is 108 cm³/mol. The first-order valence-corrected chi connectivity index (χ1v) is 9.24. The van der Waals surface area contributed by atoms with Crippen molar-refractivity contribution < 1.29 is 28.9 Å². The van der Waals surface area contributed by atoms with Crippen LogP contribution in [0, 0.1) is 0 Å². The molecule has 0 saturated carbocycles. The maximum absolute atomic E-state index is 12.5. The highest BCUT2D eigenvalue weighted by atomic mass is 35.5. The molecule has 8 heteroatoms. The number of carbonyl (C=O) groups excluding carboxylic acids is 2. The molecule has 0 aromatic heterocycles. The van der Waals surface area contributed by atoms with Gasteiger partial charge < -0.3 is 24.2 Å². The molecule has 0 bridgehead atoms. The van der Waals surface area contributed by atoms with Crippen LogP contribution in [0.1, 0.15) is 22.8 Å². The van der Waals surface area contributed by atoms with Gasteiger partial charge in [0, 0.05) is 20.2 Å². The van der Waals surface area contributed by atoms with Crippen LogP contribution in [0.2, 0.25) is 5.02 Å². The molecule has 0 atom stereocenters. The van der Waals surface area contributed by atoms with E-state index in [0.717, 1.165) is 0 Å². The Balaban J connectivity index is 1.90. The number of ketones is 1. The van der Waals surface area contributed by atoms with Crippen molar-refractivity contribution in [3.05, 3.63) is 52.2 Å². The molecule has 0 unspecified atom stereocenters. The number of hydrogen-bond acceptors (Lipinski definition) is 6. The van der Waals surface area contributed by atoms with Crippen molar-refractivity contribution >= 4 is 29.4 Å². The quantitative estimate of drug-likeness (QED) is 0.724. The number of aromatic hydroxyl groups is 1. The molecule has 0 radical (unpaired) electrons. The predicted octanol–water partition coefficient (Wildman–Crippen LogP) is 3.53. The fraction of sp³-hybridized carbons (Fsp3) is 0.238. The molecule has 1 heterocycles. The van der Waals surface area contributed by atoms with Gasteiger partial charge in [0.05, 0.1) is 17.2 Å². The van der Waals surface area contributed by atoms with Crippen LogP contribution in [0.4, 0.5) is 0 Å². The maximum atomic E-state index is 12.5. The minimum atomic E-state index is -0.300. The summed E-state index contributed by atoms with van der Waals surface area (Å²) in [5.41, 5.74) is 0.928. The van der Waals surface area contributed by atoms with Gasteiger partial charge in [-0.2, -0.15) is 0 Å². The third-order valence-corrected chi connectivity index (χ3v) is 4.40. The van der Waals surface area contributed by atoms with E-state index in [1.54, 1.807) is 33.2 Å². The number of phenols is 1. The van der Waals surface area contributed by atoms with Crippen molar-refractivity contribution in [2.45, 2.75) is 6.92 Å². The first-order chi connectivity index (χ1) is 13.8. The molecular formula is C21H20ClNO6. The highest BCUT2D eigenvalue weighted by molar-refractivity contribution is 6.32. The number of Topliss-reactive ketones (excluding diaryl/α,β-unsaturated/α-hetero) is 1. The van der Waals surface area contributed by atoms with Crippen molar-refractivity contribution in [2.24, 2.45) is 0 Å². The van der Waals surface area contributed by atoms with Crippen LogP contribution in [0.25, 0.3) is 6.08 Å². The van der Waals surface area contributed by atoms with E-state index in [2.05, 4.69) is 0 Å². The SMILES string of the molecule is CCOc1cc(/C=C2\Oc3cc(O)ccc3C2=O)cc(Cl)c1OCC(=O)N(C)C. The molecule has 1 aliphatic heterocycles. The summed E-state index contributed by atoms with van der Waals surface area (Å²) in [6.07, 6.45) is 1.53. The van der Waals surface area contributed by atoms with Gasteiger partial charge in [-0.3, -0.25) is 9.59 Å². The lowest BCUT2D eigenvalue weighted by molar-refractivity contribution is -0.130. The van der Waals surface area contributed by atoms with E-state index < -0.39 is 0 Å². The molecule has 2 aromatic carbocycles. The van der Waals surface area contributed by atoms with Crippen molar-refractivity contribution in [1.29, 1.82) is 0 Å². The van der Waals surface area contributed by atoms with E-state index >= 15 is 0 Å². The molecule has 2 aromatic rings. The normalized spacial score (nSPS) is 13.8. The number of amides is 1. The van der Waals surface area contributed by atoms with Crippen LogP contribution in [-0.2, 0) is 4.79 Å². The summed E-state index contributed by atoms with van der Waals surface area (Å²) in [5.74, 6) is 0.469. The Morgan fingerprint density at radius 3 is 2.69 bits per heavy atom. The zero-order valence-electron chi connectivity index (χ0n) is 16.2. The second-order valence-electron chi connectivity index (χ2n) is 6.46. The van der Waals surface area contributed by atoms with Gasteiger partial charge in [-0.05, 0) is 42.8 Å². The van der Waals surface area contributed by atoms with Gasteiger partial charge >= 0.3 is 0 Å². The molecule has 0 aliphatic carbocycles. The number of allylic oxidation sites excluding steroid dienone is 1. The summed E-state index contributed by atoms with van der Waals surface area (Å²) in [5, 5.41) is 9.79. The first-order valence-electron chi connectivity index (χ1n) is 8.86. The van der Waals surface area contributed by atoms with E-state index in [1.807, 2.05) is 0 Å². The lowest BCUT2D eigenvalue weighted by atomic mass is 10.1. The number of halogens is 1. The summed E-state index contributed by atoms with van der Waals surface area (Å²) >= 11 is 6.35. The second kappa shape index (κ2) is 8.45. The van der Waals surface area contributed by atoms with Crippen molar-refractivity contribution in [1.82, 2.24) is 4.90 Å². The minimum Gasteiger partial charge on any atom is -0.508 e. The number of phenolic OH excluding ortho intramolecular Hbond substituents is 1. The number of rotatable bonds is 6.